The van der Waals surface area contributed by atoms with Crippen LogP contribution in [0.25, 0.3) is 33.6 Å². The number of piperazine rings is 1. The molecule has 0 saturated carbocycles. The Balaban J connectivity index is 1.82. The number of carbonyl (C=O) groups is 2. The number of allylic oxidation sites excluding steroid dienone is 1. The molecule has 3 heterocycles. The third-order valence-electron chi connectivity index (χ3n) is 7.28. The van der Waals surface area contributed by atoms with E-state index in [0.717, 1.165) is 33.6 Å². The number of pyridine rings is 1. The fraction of sp³-hybridized carbons (Fsp3) is 0.273. The number of halogens is 1. The number of para-hydroxylation sites is 1. The molecular weight excluding hydrogens is 568 g/mol. The first-order valence-corrected chi connectivity index (χ1v) is 15.3. The van der Waals surface area contributed by atoms with Crippen LogP contribution < -0.4 is 10.9 Å². The summed E-state index contributed by atoms with van der Waals surface area (Å²) in [6.45, 7) is 8.73. The molecule has 2 aromatic carbocycles. The zero-order chi connectivity index (χ0) is 30.0. The van der Waals surface area contributed by atoms with E-state index in [9.17, 15) is 14.4 Å². The van der Waals surface area contributed by atoms with Gasteiger partial charge in [-0.15, -0.1) is 11.3 Å². The molecule has 5 rings (SSSR count). The van der Waals surface area contributed by atoms with Crippen LogP contribution in [0.2, 0.25) is 5.02 Å². The Bertz CT molecular complexity index is 1730. The molecule has 0 aliphatic carbocycles. The summed E-state index contributed by atoms with van der Waals surface area (Å²) in [7, 11) is 0. The second-order valence-electron chi connectivity index (χ2n) is 10.5. The molecular formula is C33H33ClN4O3S. The Morgan fingerprint density at radius 3 is 2.38 bits per heavy atom. The van der Waals surface area contributed by atoms with E-state index in [1.165, 1.54) is 11.3 Å². The first-order valence-electron chi connectivity index (χ1n) is 14.1. The van der Waals surface area contributed by atoms with Gasteiger partial charge >= 0.3 is 0 Å². The van der Waals surface area contributed by atoms with Crippen LogP contribution in [0.1, 0.15) is 54.9 Å². The van der Waals surface area contributed by atoms with Gasteiger partial charge in [0.25, 0.3) is 11.5 Å². The van der Waals surface area contributed by atoms with Crippen molar-refractivity contribution in [2.45, 2.75) is 40.5 Å². The highest BCUT2D eigenvalue weighted by Crippen LogP contribution is 2.32. The molecule has 4 aromatic rings. The summed E-state index contributed by atoms with van der Waals surface area (Å²) < 4.78 is 1.70. The highest BCUT2D eigenvalue weighted by molar-refractivity contribution is 7.13. The van der Waals surface area contributed by atoms with Crippen molar-refractivity contribution in [2.75, 3.05) is 19.6 Å². The van der Waals surface area contributed by atoms with Gasteiger partial charge in [-0.2, -0.15) is 0 Å². The summed E-state index contributed by atoms with van der Waals surface area (Å²) in [6, 6.07) is 15.1. The molecule has 0 unspecified atom stereocenters. The van der Waals surface area contributed by atoms with Gasteiger partial charge in [0.1, 0.15) is 5.01 Å². The molecule has 0 spiro atoms. The molecule has 0 bridgehead atoms. The Kier molecular flexibility index (Phi) is 8.75. The van der Waals surface area contributed by atoms with Crippen molar-refractivity contribution in [3.63, 3.8) is 0 Å². The monoisotopic (exact) mass is 600 g/mol. The smallest absolute Gasteiger partial charge is 0.265 e. The third-order valence-corrected chi connectivity index (χ3v) is 8.41. The number of carbonyl (C=O) groups excluding carboxylic acids is 2. The Hall–Kier alpha value is -4.01. The van der Waals surface area contributed by atoms with Gasteiger partial charge in [-0.3, -0.25) is 19.0 Å². The topological polar surface area (TPSA) is 84.3 Å². The maximum Gasteiger partial charge on any atom is 0.265 e. The Morgan fingerprint density at radius 1 is 1.07 bits per heavy atom. The molecule has 216 valence electrons. The average Bonchev–Trinajstić information content (AvgIpc) is 3.47. The fourth-order valence-corrected chi connectivity index (χ4v) is 6.19. The second-order valence-corrected chi connectivity index (χ2v) is 11.8. The highest BCUT2D eigenvalue weighted by atomic mass is 35.5. The summed E-state index contributed by atoms with van der Waals surface area (Å²) in [5.74, 6) is -0.502. The molecule has 0 atom stereocenters. The lowest BCUT2D eigenvalue weighted by Crippen LogP contribution is -2.50. The molecule has 1 fully saturated rings. The number of thiazole rings is 1. The van der Waals surface area contributed by atoms with Gasteiger partial charge in [0.15, 0.2) is 0 Å². The molecule has 0 radical (unpaired) electrons. The lowest BCUT2D eigenvalue weighted by molar-refractivity contribution is -0.123. The number of hydrogen-bond donors (Lipinski definition) is 1. The minimum absolute atomic E-state index is 0.0364. The van der Waals surface area contributed by atoms with Crippen LogP contribution in [-0.2, 0) is 17.6 Å². The van der Waals surface area contributed by atoms with Crippen molar-refractivity contribution in [1.29, 1.82) is 0 Å². The summed E-state index contributed by atoms with van der Waals surface area (Å²) in [4.78, 5) is 47.4. The Labute approximate surface area is 254 Å². The predicted molar refractivity (Wildman–Crippen MR) is 171 cm³/mol. The van der Waals surface area contributed by atoms with Gasteiger partial charge in [-0.1, -0.05) is 61.4 Å². The van der Waals surface area contributed by atoms with Crippen molar-refractivity contribution < 1.29 is 9.59 Å². The summed E-state index contributed by atoms with van der Waals surface area (Å²) in [5, 5.41) is 5.83. The summed E-state index contributed by atoms with van der Waals surface area (Å²) >= 11 is 7.44. The maximum absolute atomic E-state index is 14.6. The first kappa shape index (κ1) is 29.5. The molecule has 42 heavy (non-hydrogen) atoms. The van der Waals surface area contributed by atoms with Crippen molar-refractivity contribution in [3.05, 3.63) is 97.2 Å². The van der Waals surface area contributed by atoms with E-state index in [-0.39, 0.29) is 23.9 Å². The molecule has 1 N–H and O–H groups in total. The van der Waals surface area contributed by atoms with Crippen LogP contribution >= 0.6 is 22.9 Å². The molecule has 2 amide bonds. The number of benzene rings is 2. The van der Waals surface area contributed by atoms with Gasteiger partial charge in [0, 0.05) is 29.1 Å². The summed E-state index contributed by atoms with van der Waals surface area (Å²) in [6.07, 6.45) is 3.30. The van der Waals surface area contributed by atoms with Crippen LogP contribution in [-0.4, -0.2) is 45.9 Å². The van der Waals surface area contributed by atoms with Crippen LogP contribution in [0.15, 0.2) is 64.3 Å². The Morgan fingerprint density at radius 2 is 1.76 bits per heavy atom. The zero-order valence-electron chi connectivity index (χ0n) is 24.2. The van der Waals surface area contributed by atoms with E-state index in [2.05, 4.69) is 19.2 Å². The second kappa shape index (κ2) is 12.5. The van der Waals surface area contributed by atoms with E-state index < -0.39 is 0 Å². The number of aromatic nitrogens is 2. The third kappa shape index (κ3) is 5.82. The number of nitrogens with one attached hydrogen (secondary N) is 1. The standard InChI is InChI=1S/C33H33ClN4O3S/c1-5-21-8-7-9-22(6-2)30(21)38-28(16-20(3)4)25(32(40)37-15-14-35-29(39)18-37)17-26(33(38)41)31-36-27(19-42-31)23-10-12-24(34)13-11-23/h7-13,16-17,19H,5-6,14-15,18H2,1-4H3,(H,35,39). The maximum atomic E-state index is 14.6. The SMILES string of the molecule is CCc1cccc(CC)c1-n1c(C=C(C)C)c(C(=O)N2CCNC(=O)C2)cc(-c2nc(-c3ccc(Cl)cc3)cs2)c1=O. The number of nitrogens with zero attached hydrogens (tertiary/aromatic N) is 3. The highest BCUT2D eigenvalue weighted by Gasteiger charge is 2.29. The lowest BCUT2D eigenvalue weighted by Gasteiger charge is -2.28. The van der Waals surface area contributed by atoms with E-state index >= 15 is 0 Å². The van der Waals surface area contributed by atoms with Gasteiger partial charge in [-0.05, 0) is 62.1 Å². The quantitative estimate of drug-likeness (QED) is 0.266. The number of amides is 2. The van der Waals surface area contributed by atoms with Crippen LogP contribution in [0, 0.1) is 0 Å². The van der Waals surface area contributed by atoms with Crippen LogP contribution in [0.4, 0.5) is 0 Å². The normalized spacial score (nSPS) is 13.2. The van der Waals surface area contributed by atoms with Gasteiger partial charge in [0.05, 0.1) is 34.7 Å². The molecule has 1 aliphatic heterocycles. The van der Waals surface area contributed by atoms with E-state index in [1.807, 2.05) is 55.6 Å². The number of aryl methyl sites for hydroxylation is 2. The van der Waals surface area contributed by atoms with E-state index in [1.54, 1.807) is 27.7 Å². The fourth-order valence-electron chi connectivity index (χ4n) is 5.23. The molecule has 1 aliphatic rings. The minimum atomic E-state index is -0.297. The molecule has 9 heteroatoms. The van der Waals surface area contributed by atoms with Crippen molar-refractivity contribution in [3.8, 4) is 27.5 Å². The van der Waals surface area contributed by atoms with Crippen molar-refractivity contribution in [2.24, 2.45) is 0 Å². The number of hydrogen-bond acceptors (Lipinski definition) is 5. The average molecular weight is 601 g/mol. The summed E-state index contributed by atoms with van der Waals surface area (Å²) in [5.41, 5.74) is 6.30. The first-order chi connectivity index (χ1) is 20.2. The molecule has 2 aromatic heterocycles. The minimum Gasteiger partial charge on any atom is -0.353 e. The van der Waals surface area contributed by atoms with Crippen molar-refractivity contribution in [1.82, 2.24) is 19.8 Å². The van der Waals surface area contributed by atoms with Crippen LogP contribution in [0.5, 0.6) is 0 Å². The van der Waals surface area contributed by atoms with Crippen LogP contribution in [0.3, 0.4) is 0 Å². The van der Waals surface area contributed by atoms with Gasteiger partial charge in [0.2, 0.25) is 5.91 Å². The van der Waals surface area contributed by atoms with Crippen molar-refractivity contribution >= 4 is 40.8 Å². The van der Waals surface area contributed by atoms with E-state index in [0.29, 0.717) is 52.8 Å². The van der Waals surface area contributed by atoms with Gasteiger partial charge in [-0.25, -0.2) is 4.98 Å². The predicted octanol–water partition coefficient (Wildman–Crippen LogP) is 6.40. The number of rotatable bonds is 7. The lowest BCUT2D eigenvalue weighted by atomic mass is 9.99. The zero-order valence-corrected chi connectivity index (χ0v) is 25.7. The largest absolute Gasteiger partial charge is 0.353 e. The van der Waals surface area contributed by atoms with Gasteiger partial charge < -0.3 is 10.2 Å². The van der Waals surface area contributed by atoms with E-state index in [4.69, 9.17) is 16.6 Å². The molecule has 7 nitrogen and oxygen atoms in total. The molecule has 1 saturated heterocycles.